The van der Waals surface area contributed by atoms with Gasteiger partial charge in [0.05, 0.1) is 23.5 Å². The van der Waals surface area contributed by atoms with Gasteiger partial charge >= 0.3 is 0 Å². The van der Waals surface area contributed by atoms with Crippen LogP contribution in [0, 0.1) is 0 Å². The van der Waals surface area contributed by atoms with Gasteiger partial charge in [-0.15, -0.1) is 0 Å². The zero-order valence-corrected chi connectivity index (χ0v) is 10.7. The predicted octanol–water partition coefficient (Wildman–Crippen LogP) is 1.78. The van der Waals surface area contributed by atoms with Crippen molar-refractivity contribution < 1.29 is 0 Å². The summed E-state index contributed by atoms with van der Waals surface area (Å²) in [6.45, 7) is 0.446. The van der Waals surface area contributed by atoms with E-state index in [1.165, 1.54) is 0 Å². The molecule has 0 amide bonds. The molecule has 0 saturated carbocycles. The zero-order chi connectivity index (χ0) is 13.4. The molecule has 6 heteroatoms. The highest BCUT2D eigenvalue weighted by molar-refractivity contribution is 6.33. The average Bonchev–Trinajstić information content (AvgIpc) is 2.86. The van der Waals surface area contributed by atoms with Crippen molar-refractivity contribution in [3.05, 3.63) is 63.8 Å². The standard InChI is InChI=1S/C13H11ClN4O/c14-10-2-1-9(7-11(10)15)8-17-5-6-18-12(13(17)19)3-4-16-18/h1-7H,8,15H2. The second-order valence-corrected chi connectivity index (χ2v) is 4.66. The lowest BCUT2D eigenvalue weighted by molar-refractivity contribution is 0.743. The molecule has 0 spiro atoms. The highest BCUT2D eigenvalue weighted by atomic mass is 35.5. The molecule has 96 valence electrons. The molecule has 5 nitrogen and oxygen atoms in total. The van der Waals surface area contributed by atoms with Crippen LogP contribution in [0.4, 0.5) is 5.69 Å². The number of nitrogens with two attached hydrogens (primary N) is 1. The summed E-state index contributed by atoms with van der Waals surface area (Å²) < 4.78 is 3.16. The summed E-state index contributed by atoms with van der Waals surface area (Å²) in [4.78, 5) is 12.2. The molecule has 0 unspecified atom stereocenters. The van der Waals surface area contributed by atoms with Crippen LogP contribution in [-0.4, -0.2) is 14.2 Å². The third kappa shape index (κ3) is 2.08. The highest BCUT2D eigenvalue weighted by Gasteiger charge is 2.05. The number of fused-ring (bicyclic) bond motifs is 1. The van der Waals surface area contributed by atoms with Gasteiger partial charge in [0.2, 0.25) is 0 Å². The van der Waals surface area contributed by atoms with Gasteiger partial charge in [-0.1, -0.05) is 17.7 Å². The molecular weight excluding hydrogens is 264 g/mol. The molecule has 1 aromatic carbocycles. The largest absolute Gasteiger partial charge is 0.398 e. The number of aromatic nitrogens is 3. The molecule has 0 atom stereocenters. The number of hydrogen-bond donors (Lipinski definition) is 1. The fourth-order valence-corrected chi connectivity index (χ4v) is 2.09. The van der Waals surface area contributed by atoms with E-state index in [-0.39, 0.29) is 5.56 Å². The molecule has 2 heterocycles. The number of rotatable bonds is 2. The number of anilines is 1. The van der Waals surface area contributed by atoms with E-state index in [1.54, 1.807) is 45.9 Å². The first-order chi connectivity index (χ1) is 9.15. The van der Waals surface area contributed by atoms with Gasteiger partial charge in [0.25, 0.3) is 5.56 Å². The lowest BCUT2D eigenvalue weighted by Gasteiger charge is -2.07. The van der Waals surface area contributed by atoms with Crippen LogP contribution in [0.2, 0.25) is 5.02 Å². The van der Waals surface area contributed by atoms with Gasteiger partial charge < -0.3 is 10.3 Å². The molecule has 3 aromatic rings. The van der Waals surface area contributed by atoms with Crippen molar-refractivity contribution in [2.45, 2.75) is 6.54 Å². The van der Waals surface area contributed by atoms with Crippen LogP contribution in [0.5, 0.6) is 0 Å². The molecule has 0 aliphatic heterocycles. The zero-order valence-electron chi connectivity index (χ0n) is 9.95. The first kappa shape index (κ1) is 11.8. The number of hydrogen-bond acceptors (Lipinski definition) is 3. The van der Waals surface area contributed by atoms with Crippen molar-refractivity contribution in [1.82, 2.24) is 14.2 Å². The van der Waals surface area contributed by atoms with E-state index in [0.29, 0.717) is 22.8 Å². The third-order valence-corrected chi connectivity index (χ3v) is 3.30. The van der Waals surface area contributed by atoms with E-state index < -0.39 is 0 Å². The minimum absolute atomic E-state index is 0.0893. The lowest BCUT2D eigenvalue weighted by atomic mass is 10.2. The Labute approximate surface area is 113 Å². The van der Waals surface area contributed by atoms with E-state index in [2.05, 4.69) is 5.10 Å². The lowest BCUT2D eigenvalue weighted by Crippen LogP contribution is -2.21. The smallest absolute Gasteiger partial charge is 0.276 e. The Hall–Kier alpha value is -2.27. The molecule has 0 radical (unpaired) electrons. The molecule has 0 bridgehead atoms. The van der Waals surface area contributed by atoms with Crippen molar-refractivity contribution in [3.63, 3.8) is 0 Å². The Bertz CT molecular complexity index is 806. The fourth-order valence-electron chi connectivity index (χ4n) is 1.97. The number of benzene rings is 1. The summed E-state index contributed by atoms with van der Waals surface area (Å²) in [7, 11) is 0. The van der Waals surface area contributed by atoms with E-state index >= 15 is 0 Å². The van der Waals surface area contributed by atoms with Gasteiger partial charge in [-0.3, -0.25) is 4.79 Å². The summed E-state index contributed by atoms with van der Waals surface area (Å²) in [6, 6.07) is 7.05. The van der Waals surface area contributed by atoms with E-state index in [9.17, 15) is 4.79 Å². The minimum Gasteiger partial charge on any atom is -0.398 e. The second kappa shape index (κ2) is 4.44. The maximum absolute atomic E-state index is 12.2. The SMILES string of the molecule is Nc1cc(Cn2ccn3nccc3c2=O)ccc1Cl. The topological polar surface area (TPSA) is 65.3 Å². The summed E-state index contributed by atoms with van der Waals surface area (Å²) in [5, 5.41) is 4.54. The molecule has 2 N–H and O–H groups in total. The van der Waals surface area contributed by atoms with Crippen LogP contribution in [0.3, 0.4) is 0 Å². The van der Waals surface area contributed by atoms with Crippen molar-refractivity contribution in [1.29, 1.82) is 0 Å². The quantitative estimate of drug-likeness (QED) is 0.725. The molecule has 19 heavy (non-hydrogen) atoms. The maximum Gasteiger partial charge on any atom is 0.276 e. The van der Waals surface area contributed by atoms with Gasteiger partial charge in [-0.05, 0) is 23.8 Å². The second-order valence-electron chi connectivity index (χ2n) is 4.25. The number of nitrogen functional groups attached to an aromatic ring is 1. The van der Waals surface area contributed by atoms with E-state index in [0.717, 1.165) is 5.56 Å². The van der Waals surface area contributed by atoms with Gasteiger partial charge in [0.15, 0.2) is 0 Å². The van der Waals surface area contributed by atoms with Gasteiger partial charge in [0.1, 0.15) is 5.52 Å². The Morgan fingerprint density at radius 2 is 2.11 bits per heavy atom. The fraction of sp³-hybridized carbons (Fsp3) is 0.0769. The average molecular weight is 275 g/mol. The maximum atomic E-state index is 12.2. The first-order valence-electron chi connectivity index (χ1n) is 5.72. The van der Waals surface area contributed by atoms with Gasteiger partial charge in [-0.2, -0.15) is 5.10 Å². The molecule has 0 aliphatic rings. The normalized spacial score (nSPS) is 11.0. The van der Waals surface area contributed by atoms with Crippen molar-refractivity contribution >= 4 is 22.8 Å². The van der Waals surface area contributed by atoms with Gasteiger partial charge in [0, 0.05) is 12.4 Å². The third-order valence-electron chi connectivity index (χ3n) is 2.95. The van der Waals surface area contributed by atoms with Crippen LogP contribution < -0.4 is 11.3 Å². The van der Waals surface area contributed by atoms with Crippen molar-refractivity contribution in [2.24, 2.45) is 0 Å². The van der Waals surface area contributed by atoms with Gasteiger partial charge in [-0.25, -0.2) is 4.52 Å². The van der Waals surface area contributed by atoms with Crippen molar-refractivity contribution in [3.8, 4) is 0 Å². The Morgan fingerprint density at radius 3 is 2.89 bits per heavy atom. The molecule has 0 aliphatic carbocycles. The summed E-state index contributed by atoms with van der Waals surface area (Å²) in [5.74, 6) is 0. The summed E-state index contributed by atoms with van der Waals surface area (Å²) in [5.41, 5.74) is 7.65. The minimum atomic E-state index is -0.0893. The Kier molecular flexibility index (Phi) is 2.76. The Balaban J connectivity index is 2.03. The predicted molar refractivity (Wildman–Crippen MR) is 74.4 cm³/mol. The van der Waals surface area contributed by atoms with E-state index in [4.69, 9.17) is 17.3 Å². The highest BCUT2D eigenvalue weighted by Crippen LogP contribution is 2.19. The van der Waals surface area contributed by atoms with Crippen molar-refractivity contribution in [2.75, 3.05) is 5.73 Å². The van der Waals surface area contributed by atoms with Crippen LogP contribution in [0.15, 0.2) is 47.7 Å². The molecular formula is C13H11ClN4O. The number of nitrogens with zero attached hydrogens (tertiary/aromatic N) is 3. The summed E-state index contributed by atoms with van der Waals surface area (Å²) >= 11 is 5.87. The monoisotopic (exact) mass is 274 g/mol. The molecule has 0 saturated heterocycles. The summed E-state index contributed by atoms with van der Waals surface area (Å²) in [6.07, 6.45) is 5.05. The Morgan fingerprint density at radius 1 is 1.26 bits per heavy atom. The first-order valence-corrected chi connectivity index (χ1v) is 6.09. The van der Waals surface area contributed by atoms with Crippen LogP contribution >= 0.6 is 11.6 Å². The number of halogens is 1. The molecule has 3 rings (SSSR count). The molecule has 0 fully saturated rings. The van der Waals surface area contributed by atoms with Crippen LogP contribution in [0.1, 0.15) is 5.56 Å². The molecule has 2 aromatic heterocycles. The van der Waals surface area contributed by atoms with Crippen LogP contribution in [0.25, 0.3) is 5.52 Å². The van der Waals surface area contributed by atoms with E-state index in [1.807, 2.05) is 6.07 Å². The van der Waals surface area contributed by atoms with Crippen LogP contribution in [-0.2, 0) is 6.54 Å².